The molecule has 1 saturated heterocycles. The molecule has 2 rings (SSSR count). The Hall–Kier alpha value is -0.0800. The molecule has 1 N–H and O–H groups in total. The molecule has 0 amide bonds. The minimum Gasteiger partial charge on any atom is -0.377 e. The van der Waals surface area contributed by atoms with E-state index in [-0.39, 0.29) is 0 Å². The lowest BCUT2D eigenvalue weighted by Gasteiger charge is -2.14. The van der Waals surface area contributed by atoms with Crippen LogP contribution in [0.1, 0.15) is 38.5 Å². The van der Waals surface area contributed by atoms with Gasteiger partial charge in [0.2, 0.25) is 0 Å². The summed E-state index contributed by atoms with van der Waals surface area (Å²) in [5.41, 5.74) is 0. The molecule has 0 spiro atoms. The molecule has 2 heteroatoms. The molecule has 0 aromatic carbocycles. The van der Waals surface area contributed by atoms with Crippen molar-refractivity contribution in [2.75, 3.05) is 13.7 Å². The van der Waals surface area contributed by atoms with Gasteiger partial charge in [-0.25, -0.2) is 0 Å². The van der Waals surface area contributed by atoms with Crippen LogP contribution in [0.25, 0.3) is 0 Å². The molecule has 0 bridgehead atoms. The molecular formula is C11H21NO. The number of rotatable bonds is 3. The number of likely N-dealkylation sites (N-methyl/N-ethyl adjacent to an activating group) is 1. The van der Waals surface area contributed by atoms with E-state index in [1.54, 1.807) is 0 Å². The molecule has 2 nitrogen and oxygen atoms in total. The summed E-state index contributed by atoms with van der Waals surface area (Å²) in [7, 11) is 2.03. The van der Waals surface area contributed by atoms with E-state index in [1.807, 2.05) is 7.05 Å². The van der Waals surface area contributed by atoms with Crippen molar-refractivity contribution in [3.8, 4) is 0 Å². The van der Waals surface area contributed by atoms with Crippen molar-refractivity contribution in [3.05, 3.63) is 0 Å². The highest BCUT2D eigenvalue weighted by Gasteiger charge is 2.27. The largest absolute Gasteiger partial charge is 0.377 e. The maximum absolute atomic E-state index is 5.76. The summed E-state index contributed by atoms with van der Waals surface area (Å²) in [5.74, 6) is 0.973. The summed E-state index contributed by atoms with van der Waals surface area (Å²) in [4.78, 5) is 0. The SMILES string of the molecule is CNC1COC(CC2CCCC2)C1. The van der Waals surface area contributed by atoms with E-state index >= 15 is 0 Å². The van der Waals surface area contributed by atoms with Crippen LogP contribution in [0.3, 0.4) is 0 Å². The first-order valence-electron chi connectivity index (χ1n) is 5.67. The van der Waals surface area contributed by atoms with Gasteiger partial charge in [0, 0.05) is 6.04 Å². The Bertz CT molecular complexity index is 154. The fourth-order valence-corrected chi connectivity index (χ4v) is 2.69. The Morgan fingerprint density at radius 1 is 1.31 bits per heavy atom. The van der Waals surface area contributed by atoms with Crippen LogP contribution in [-0.2, 0) is 4.74 Å². The fourth-order valence-electron chi connectivity index (χ4n) is 2.69. The fraction of sp³-hybridized carbons (Fsp3) is 1.00. The Kier molecular flexibility index (Phi) is 3.23. The second kappa shape index (κ2) is 4.43. The van der Waals surface area contributed by atoms with E-state index in [9.17, 15) is 0 Å². The van der Waals surface area contributed by atoms with Gasteiger partial charge in [-0.3, -0.25) is 0 Å². The van der Waals surface area contributed by atoms with Crippen LogP contribution < -0.4 is 5.32 Å². The standard InChI is InChI=1S/C11H21NO/c1-12-10-7-11(13-8-10)6-9-4-2-3-5-9/h9-12H,2-8H2,1H3. The van der Waals surface area contributed by atoms with Crippen LogP contribution in [0, 0.1) is 5.92 Å². The minimum atomic E-state index is 0.556. The Balaban J connectivity index is 1.70. The zero-order valence-corrected chi connectivity index (χ0v) is 8.59. The smallest absolute Gasteiger partial charge is 0.0624 e. The molecule has 0 aromatic rings. The molecule has 1 aliphatic carbocycles. The molecule has 0 aromatic heterocycles. The van der Waals surface area contributed by atoms with Crippen LogP contribution in [0.15, 0.2) is 0 Å². The number of ether oxygens (including phenoxy) is 1. The van der Waals surface area contributed by atoms with E-state index in [4.69, 9.17) is 4.74 Å². The van der Waals surface area contributed by atoms with Crippen molar-refractivity contribution in [1.29, 1.82) is 0 Å². The zero-order chi connectivity index (χ0) is 9.10. The molecule has 2 fully saturated rings. The molecule has 1 aliphatic heterocycles. The van der Waals surface area contributed by atoms with Gasteiger partial charge in [0.15, 0.2) is 0 Å². The lowest BCUT2D eigenvalue weighted by Crippen LogP contribution is -2.25. The average Bonchev–Trinajstić information content (AvgIpc) is 2.76. The van der Waals surface area contributed by atoms with Crippen molar-refractivity contribution < 1.29 is 4.74 Å². The minimum absolute atomic E-state index is 0.556. The summed E-state index contributed by atoms with van der Waals surface area (Å²) < 4.78 is 5.76. The molecule has 13 heavy (non-hydrogen) atoms. The molecule has 2 unspecified atom stereocenters. The molecule has 2 atom stereocenters. The van der Waals surface area contributed by atoms with Crippen LogP contribution in [0.4, 0.5) is 0 Å². The molecular weight excluding hydrogens is 162 g/mol. The lowest BCUT2D eigenvalue weighted by atomic mass is 9.98. The summed E-state index contributed by atoms with van der Waals surface area (Å²) in [5, 5.41) is 3.29. The monoisotopic (exact) mass is 183 g/mol. The second-order valence-electron chi connectivity index (χ2n) is 4.56. The van der Waals surface area contributed by atoms with Gasteiger partial charge >= 0.3 is 0 Å². The molecule has 1 saturated carbocycles. The lowest BCUT2D eigenvalue weighted by molar-refractivity contribution is 0.0886. The van der Waals surface area contributed by atoms with Gasteiger partial charge in [0.25, 0.3) is 0 Å². The Labute approximate surface area is 81.0 Å². The van der Waals surface area contributed by atoms with Crippen molar-refractivity contribution in [1.82, 2.24) is 5.32 Å². The number of hydrogen-bond acceptors (Lipinski definition) is 2. The van der Waals surface area contributed by atoms with E-state index in [2.05, 4.69) is 5.32 Å². The van der Waals surface area contributed by atoms with Crippen LogP contribution >= 0.6 is 0 Å². The Morgan fingerprint density at radius 3 is 2.69 bits per heavy atom. The second-order valence-corrected chi connectivity index (χ2v) is 4.56. The van der Waals surface area contributed by atoms with Gasteiger partial charge in [-0.05, 0) is 25.8 Å². The van der Waals surface area contributed by atoms with Gasteiger partial charge in [0.1, 0.15) is 0 Å². The normalized spacial score (nSPS) is 35.8. The first-order chi connectivity index (χ1) is 6.38. The van der Waals surface area contributed by atoms with Crippen LogP contribution in [0.2, 0.25) is 0 Å². The summed E-state index contributed by atoms with van der Waals surface area (Å²) in [6, 6.07) is 0.617. The molecule has 0 radical (unpaired) electrons. The maximum Gasteiger partial charge on any atom is 0.0624 e. The number of nitrogens with one attached hydrogen (secondary N) is 1. The summed E-state index contributed by atoms with van der Waals surface area (Å²) in [6.45, 7) is 0.924. The van der Waals surface area contributed by atoms with Gasteiger partial charge in [-0.2, -0.15) is 0 Å². The highest BCUT2D eigenvalue weighted by atomic mass is 16.5. The predicted octanol–water partition coefficient (Wildman–Crippen LogP) is 1.94. The van der Waals surface area contributed by atoms with E-state index in [0.29, 0.717) is 12.1 Å². The van der Waals surface area contributed by atoms with Crippen molar-refractivity contribution in [2.45, 2.75) is 50.7 Å². The van der Waals surface area contributed by atoms with Gasteiger partial charge in [-0.15, -0.1) is 0 Å². The van der Waals surface area contributed by atoms with Crippen LogP contribution in [0.5, 0.6) is 0 Å². The third-order valence-corrected chi connectivity index (χ3v) is 3.56. The molecule has 2 aliphatic rings. The van der Waals surface area contributed by atoms with Gasteiger partial charge in [-0.1, -0.05) is 25.7 Å². The maximum atomic E-state index is 5.76. The van der Waals surface area contributed by atoms with E-state index in [0.717, 1.165) is 12.5 Å². The first-order valence-corrected chi connectivity index (χ1v) is 5.67. The summed E-state index contributed by atoms with van der Waals surface area (Å²) >= 11 is 0. The van der Waals surface area contributed by atoms with E-state index in [1.165, 1.54) is 38.5 Å². The molecule has 76 valence electrons. The first kappa shape index (κ1) is 9.47. The zero-order valence-electron chi connectivity index (χ0n) is 8.59. The number of hydrogen-bond donors (Lipinski definition) is 1. The van der Waals surface area contributed by atoms with Crippen LogP contribution in [-0.4, -0.2) is 25.8 Å². The summed E-state index contributed by atoms with van der Waals surface area (Å²) in [6.07, 6.45) is 8.90. The Morgan fingerprint density at radius 2 is 2.08 bits per heavy atom. The third kappa shape index (κ3) is 2.44. The van der Waals surface area contributed by atoms with Crippen molar-refractivity contribution in [3.63, 3.8) is 0 Å². The highest BCUT2D eigenvalue weighted by molar-refractivity contribution is 4.81. The third-order valence-electron chi connectivity index (χ3n) is 3.56. The van der Waals surface area contributed by atoms with Gasteiger partial charge in [0.05, 0.1) is 12.7 Å². The topological polar surface area (TPSA) is 21.3 Å². The average molecular weight is 183 g/mol. The highest BCUT2D eigenvalue weighted by Crippen LogP contribution is 2.31. The molecule has 1 heterocycles. The quantitative estimate of drug-likeness (QED) is 0.722. The van der Waals surface area contributed by atoms with E-state index < -0.39 is 0 Å². The van der Waals surface area contributed by atoms with Gasteiger partial charge < -0.3 is 10.1 Å². The van der Waals surface area contributed by atoms with Crippen molar-refractivity contribution >= 4 is 0 Å². The predicted molar refractivity (Wildman–Crippen MR) is 53.8 cm³/mol. The van der Waals surface area contributed by atoms with Crippen molar-refractivity contribution in [2.24, 2.45) is 5.92 Å².